The molecule has 0 bridgehead atoms. The number of thiophene rings is 1. The Balaban J connectivity index is 1.88. The minimum absolute atomic E-state index is 0.0301. The first-order chi connectivity index (χ1) is 15.7. The monoisotopic (exact) mass is 479 g/mol. The van der Waals surface area contributed by atoms with E-state index in [1.165, 1.54) is 36.8 Å². The second kappa shape index (κ2) is 8.93. The van der Waals surface area contributed by atoms with Gasteiger partial charge in [0.25, 0.3) is 0 Å². The Hall–Kier alpha value is -3.27. The second-order valence-corrected chi connectivity index (χ2v) is 8.34. The second-order valence-electron chi connectivity index (χ2n) is 7.36. The molecule has 33 heavy (non-hydrogen) atoms. The number of halogens is 3. The number of ether oxygens (including phenoxy) is 3. The van der Waals surface area contributed by atoms with Crippen LogP contribution in [-0.2, 0) is 11.2 Å². The number of hydrogen-bond acceptors (Lipinski definition) is 6. The summed E-state index contributed by atoms with van der Waals surface area (Å²) in [5.74, 6) is -0.625. The third-order valence-corrected chi connectivity index (χ3v) is 6.23. The molecular weight excluding hydrogens is 459 g/mol. The zero-order chi connectivity index (χ0) is 23.8. The first-order valence-electron chi connectivity index (χ1n) is 10.1. The Bertz CT molecular complexity index is 1230. The van der Waals surface area contributed by atoms with E-state index < -0.39 is 24.2 Å². The van der Waals surface area contributed by atoms with Crippen molar-refractivity contribution in [2.75, 3.05) is 20.3 Å². The average Bonchev–Trinajstić information content (AvgIpc) is 3.30. The number of esters is 1. The van der Waals surface area contributed by atoms with Crippen molar-refractivity contribution in [1.29, 1.82) is 0 Å². The van der Waals surface area contributed by atoms with Gasteiger partial charge in [-0.05, 0) is 42.5 Å². The minimum atomic E-state index is -4.50. The zero-order valence-corrected chi connectivity index (χ0v) is 18.6. The largest absolute Gasteiger partial charge is 0.493 e. The number of fused-ring (bicyclic) bond motifs is 3. The predicted octanol–water partition coefficient (Wildman–Crippen LogP) is 4.85. The molecule has 3 heterocycles. The lowest BCUT2D eigenvalue weighted by Gasteiger charge is -2.31. The molecule has 0 saturated carbocycles. The molecular formula is C23H20F3NO5S. The van der Waals surface area contributed by atoms with E-state index >= 15 is 0 Å². The molecule has 2 aromatic heterocycles. The van der Waals surface area contributed by atoms with Gasteiger partial charge in [0.15, 0.2) is 23.5 Å². The third-order valence-electron chi connectivity index (χ3n) is 5.25. The van der Waals surface area contributed by atoms with Gasteiger partial charge in [0.2, 0.25) is 0 Å². The van der Waals surface area contributed by atoms with Crippen molar-refractivity contribution in [3.8, 4) is 22.8 Å². The fraction of sp³-hybridized carbons (Fsp3) is 0.304. The Morgan fingerprint density at radius 3 is 2.67 bits per heavy atom. The molecule has 1 aliphatic rings. The Kier molecular flexibility index (Phi) is 6.20. The van der Waals surface area contributed by atoms with Crippen LogP contribution in [0.4, 0.5) is 13.2 Å². The summed E-state index contributed by atoms with van der Waals surface area (Å²) in [5.41, 5.74) is 1.26. The number of benzene rings is 1. The summed E-state index contributed by atoms with van der Waals surface area (Å²) in [6.07, 6.45) is -2.59. The summed E-state index contributed by atoms with van der Waals surface area (Å²) in [6, 6.07) is 7.97. The highest BCUT2D eigenvalue weighted by molar-refractivity contribution is 7.10. The molecule has 0 amide bonds. The van der Waals surface area contributed by atoms with Crippen LogP contribution in [0.25, 0.3) is 11.3 Å². The maximum absolute atomic E-state index is 12.8. The Labute approximate surface area is 191 Å². The fourth-order valence-electron chi connectivity index (χ4n) is 3.85. The van der Waals surface area contributed by atoms with Crippen molar-refractivity contribution in [2.45, 2.75) is 25.6 Å². The maximum atomic E-state index is 12.8. The molecule has 0 N–H and O–H groups in total. The van der Waals surface area contributed by atoms with E-state index in [1.807, 2.05) is 22.1 Å². The van der Waals surface area contributed by atoms with Crippen LogP contribution in [0.15, 0.2) is 46.7 Å². The fourth-order valence-corrected chi connectivity index (χ4v) is 4.68. The summed E-state index contributed by atoms with van der Waals surface area (Å²) >= 11 is 1.50. The minimum Gasteiger partial charge on any atom is -0.493 e. The van der Waals surface area contributed by atoms with Crippen LogP contribution < -0.4 is 14.9 Å². The van der Waals surface area contributed by atoms with Gasteiger partial charge in [-0.15, -0.1) is 11.3 Å². The van der Waals surface area contributed by atoms with Crippen molar-refractivity contribution in [1.82, 2.24) is 4.57 Å². The van der Waals surface area contributed by atoms with Crippen molar-refractivity contribution in [3.05, 3.63) is 68.1 Å². The smallest absolute Gasteiger partial charge is 0.422 e. The van der Waals surface area contributed by atoms with Gasteiger partial charge in [0.05, 0.1) is 25.5 Å². The lowest BCUT2D eigenvalue weighted by atomic mass is 9.91. The van der Waals surface area contributed by atoms with Gasteiger partial charge >= 0.3 is 12.1 Å². The number of hydrogen-bond donors (Lipinski definition) is 0. The summed E-state index contributed by atoms with van der Waals surface area (Å²) in [7, 11) is 1.33. The lowest BCUT2D eigenvalue weighted by molar-refractivity contribution is -0.153. The molecule has 6 nitrogen and oxygen atoms in total. The van der Waals surface area contributed by atoms with Crippen LogP contribution in [0.3, 0.4) is 0 Å². The van der Waals surface area contributed by atoms with Crippen LogP contribution in [-0.4, -0.2) is 37.0 Å². The van der Waals surface area contributed by atoms with Crippen molar-refractivity contribution < 1.29 is 32.2 Å². The van der Waals surface area contributed by atoms with E-state index in [4.69, 9.17) is 14.2 Å². The molecule has 0 spiro atoms. The molecule has 10 heteroatoms. The van der Waals surface area contributed by atoms with Crippen molar-refractivity contribution in [2.24, 2.45) is 0 Å². The van der Waals surface area contributed by atoms with Crippen LogP contribution in [0.5, 0.6) is 11.5 Å². The maximum Gasteiger partial charge on any atom is 0.422 e. The number of carbonyl (C=O) groups excluding carboxylic acids is 1. The SMILES string of the molecule is CCOC(=O)c1cn2c(cc1=O)-c1cc(OC)c(OCC(F)(F)F)cc1CC2c1cccs1. The Morgan fingerprint density at radius 1 is 1.24 bits per heavy atom. The molecule has 1 unspecified atom stereocenters. The van der Waals surface area contributed by atoms with Crippen LogP contribution >= 0.6 is 11.3 Å². The van der Waals surface area contributed by atoms with Gasteiger partial charge in [-0.2, -0.15) is 13.2 Å². The van der Waals surface area contributed by atoms with Gasteiger partial charge < -0.3 is 18.8 Å². The van der Waals surface area contributed by atoms with E-state index in [0.29, 0.717) is 23.2 Å². The first kappa shape index (κ1) is 22.9. The van der Waals surface area contributed by atoms with Gasteiger partial charge in [-0.25, -0.2) is 4.79 Å². The molecule has 3 aromatic rings. The molecule has 1 aromatic carbocycles. The molecule has 0 radical (unpaired) electrons. The van der Waals surface area contributed by atoms with E-state index in [2.05, 4.69) is 0 Å². The highest BCUT2D eigenvalue weighted by atomic mass is 32.1. The summed E-state index contributed by atoms with van der Waals surface area (Å²) in [6.45, 7) is 0.341. The molecule has 0 aliphatic carbocycles. The van der Waals surface area contributed by atoms with Gasteiger partial charge in [-0.1, -0.05) is 6.07 Å². The van der Waals surface area contributed by atoms with Crippen LogP contribution in [0, 0.1) is 0 Å². The number of pyridine rings is 1. The molecule has 4 rings (SSSR count). The molecule has 0 fully saturated rings. The highest BCUT2D eigenvalue weighted by Gasteiger charge is 2.32. The summed E-state index contributed by atoms with van der Waals surface area (Å²) < 4.78 is 55.3. The van der Waals surface area contributed by atoms with Gasteiger partial charge in [-0.3, -0.25) is 4.79 Å². The third kappa shape index (κ3) is 4.61. The van der Waals surface area contributed by atoms with E-state index in [9.17, 15) is 22.8 Å². The van der Waals surface area contributed by atoms with Crippen molar-refractivity contribution >= 4 is 17.3 Å². The summed E-state index contributed by atoms with van der Waals surface area (Å²) in [5, 5.41) is 1.91. The molecule has 174 valence electrons. The van der Waals surface area contributed by atoms with E-state index in [-0.39, 0.29) is 29.7 Å². The Morgan fingerprint density at radius 2 is 2.03 bits per heavy atom. The molecule has 1 aliphatic heterocycles. The predicted molar refractivity (Wildman–Crippen MR) is 116 cm³/mol. The van der Waals surface area contributed by atoms with Crippen molar-refractivity contribution in [3.63, 3.8) is 0 Å². The van der Waals surface area contributed by atoms with E-state index in [0.717, 1.165) is 4.88 Å². The van der Waals surface area contributed by atoms with Gasteiger partial charge in [0, 0.05) is 22.7 Å². The van der Waals surface area contributed by atoms with Crippen LogP contribution in [0.2, 0.25) is 0 Å². The van der Waals surface area contributed by atoms with E-state index in [1.54, 1.807) is 13.0 Å². The highest BCUT2D eigenvalue weighted by Crippen LogP contribution is 2.43. The quantitative estimate of drug-likeness (QED) is 0.473. The number of methoxy groups -OCH3 is 1. The number of rotatable bonds is 6. The zero-order valence-electron chi connectivity index (χ0n) is 17.8. The number of nitrogens with zero attached hydrogens (tertiary/aromatic N) is 1. The van der Waals surface area contributed by atoms with Gasteiger partial charge in [0.1, 0.15) is 5.56 Å². The topological polar surface area (TPSA) is 66.8 Å². The van der Waals surface area contributed by atoms with Crippen LogP contribution in [0.1, 0.15) is 33.8 Å². The number of alkyl halides is 3. The first-order valence-corrected chi connectivity index (χ1v) is 11.0. The lowest BCUT2D eigenvalue weighted by Crippen LogP contribution is -2.26. The standard InChI is InChI=1S/C23H20F3NO5S/c1-3-31-22(29)15-11-27-16(10-18(15)28)14-9-19(30-2)20(32-12-23(24,25)26)8-13(14)7-17(27)21-5-4-6-33-21/h4-6,8-11,17H,3,7,12H2,1-2H3. The number of carbonyl (C=O) groups is 1. The summed E-state index contributed by atoms with van der Waals surface area (Å²) in [4.78, 5) is 26.0. The number of aromatic nitrogens is 1. The normalized spacial score (nSPS) is 14.9. The molecule has 1 atom stereocenters. The molecule has 0 saturated heterocycles. The average molecular weight is 479 g/mol.